The topological polar surface area (TPSA) is 88.5 Å². The molecule has 1 atom stereocenters. The van der Waals surface area contributed by atoms with E-state index >= 15 is 0 Å². The SMILES string of the molecule is Cc1ccc(C2/C(=C(\O)c3ccc4c(c3)OCO4)C(=O)C(=O)N2CCCN2CCOCC2)cc1. The quantitative estimate of drug-likeness (QED) is 0.400. The average Bonchev–Trinajstić information content (AvgIpc) is 3.42. The predicted molar refractivity (Wildman–Crippen MR) is 125 cm³/mol. The number of hydrogen-bond donors (Lipinski definition) is 1. The Morgan fingerprint density at radius 2 is 1.74 bits per heavy atom. The van der Waals surface area contributed by atoms with Crippen molar-refractivity contribution < 1.29 is 28.9 Å². The van der Waals surface area contributed by atoms with E-state index in [-0.39, 0.29) is 18.1 Å². The highest BCUT2D eigenvalue weighted by Gasteiger charge is 2.45. The molecule has 8 nitrogen and oxygen atoms in total. The van der Waals surface area contributed by atoms with Crippen LogP contribution in [0.25, 0.3) is 5.76 Å². The summed E-state index contributed by atoms with van der Waals surface area (Å²) >= 11 is 0. The largest absolute Gasteiger partial charge is 0.507 e. The maximum atomic E-state index is 13.2. The molecule has 0 saturated carbocycles. The molecule has 3 aliphatic heterocycles. The molecule has 3 heterocycles. The van der Waals surface area contributed by atoms with Crippen molar-refractivity contribution >= 4 is 17.4 Å². The number of ketones is 1. The molecule has 1 unspecified atom stereocenters. The van der Waals surface area contributed by atoms with Gasteiger partial charge >= 0.3 is 0 Å². The zero-order valence-corrected chi connectivity index (χ0v) is 19.2. The Bertz CT molecular complexity index is 1120. The predicted octanol–water partition coefficient (Wildman–Crippen LogP) is 2.87. The fraction of sp³-hybridized carbons (Fsp3) is 0.385. The first-order valence-electron chi connectivity index (χ1n) is 11.6. The minimum absolute atomic E-state index is 0.0964. The minimum atomic E-state index is -0.674. The molecular formula is C26H28N2O6. The van der Waals surface area contributed by atoms with Gasteiger partial charge in [-0.2, -0.15) is 0 Å². The molecule has 1 N–H and O–H groups in total. The Hall–Kier alpha value is -3.36. The van der Waals surface area contributed by atoms with E-state index in [0.29, 0.717) is 36.8 Å². The van der Waals surface area contributed by atoms with Gasteiger partial charge in [0.1, 0.15) is 5.76 Å². The zero-order chi connectivity index (χ0) is 23.7. The number of aliphatic hydroxyl groups is 1. The van der Waals surface area contributed by atoms with Crippen molar-refractivity contribution in [3.05, 3.63) is 64.7 Å². The lowest BCUT2D eigenvalue weighted by Gasteiger charge is -2.29. The maximum Gasteiger partial charge on any atom is 0.295 e. The van der Waals surface area contributed by atoms with Crippen molar-refractivity contribution in [2.24, 2.45) is 0 Å². The van der Waals surface area contributed by atoms with Crippen molar-refractivity contribution in [1.82, 2.24) is 9.80 Å². The Morgan fingerprint density at radius 3 is 2.50 bits per heavy atom. The van der Waals surface area contributed by atoms with Crippen LogP contribution in [0.5, 0.6) is 11.5 Å². The highest BCUT2D eigenvalue weighted by Crippen LogP contribution is 2.41. The van der Waals surface area contributed by atoms with Gasteiger partial charge in [0, 0.05) is 31.7 Å². The van der Waals surface area contributed by atoms with Crippen LogP contribution in [-0.2, 0) is 14.3 Å². The summed E-state index contributed by atoms with van der Waals surface area (Å²) in [6, 6.07) is 12.1. The lowest BCUT2D eigenvalue weighted by molar-refractivity contribution is -0.140. The molecular weight excluding hydrogens is 436 g/mol. The van der Waals surface area contributed by atoms with E-state index in [1.165, 1.54) is 0 Å². The molecule has 0 spiro atoms. The maximum absolute atomic E-state index is 13.2. The average molecular weight is 465 g/mol. The number of fused-ring (bicyclic) bond motifs is 1. The van der Waals surface area contributed by atoms with Gasteiger partial charge in [-0.15, -0.1) is 0 Å². The Morgan fingerprint density at radius 1 is 1.00 bits per heavy atom. The minimum Gasteiger partial charge on any atom is -0.507 e. The van der Waals surface area contributed by atoms with Crippen LogP contribution in [0.15, 0.2) is 48.0 Å². The van der Waals surface area contributed by atoms with E-state index in [1.54, 1.807) is 23.1 Å². The summed E-state index contributed by atoms with van der Waals surface area (Å²) in [5.74, 6) is -0.397. The third kappa shape index (κ3) is 4.26. The summed E-state index contributed by atoms with van der Waals surface area (Å²) in [5.41, 5.74) is 2.37. The summed E-state index contributed by atoms with van der Waals surface area (Å²) in [4.78, 5) is 30.2. The summed E-state index contributed by atoms with van der Waals surface area (Å²) < 4.78 is 16.2. The lowest BCUT2D eigenvalue weighted by atomic mass is 9.94. The van der Waals surface area contributed by atoms with Crippen LogP contribution < -0.4 is 9.47 Å². The van der Waals surface area contributed by atoms with Gasteiger partial charge in [-0.1, -0.05) is 29.8 Å². The molecule has 8 heteroatoms. The van der Waals surface area contributed by atoms with E-state index < -0.39 is 17.7 Å². The van der Waals surface area contributed by atoms with Gasteiger partial charge in [0.25, 0.3) is 11.7 Å². The molecule has 0 bridgehead atoms. The van der Waals surface area contributed by atoms with Crippen LogP contribution in [0, 0.1) is 6.92 Å². The van der Waals surface area contributed by atoms with Crippen molar-refractivity contribution in [1.29, 1.82) is 0 Å². The van der Waals surface area contributed by atoms with E-state index in [4.69, 9.17) is 14.2 Å². The highest BCUT2D eigenvalue weighted by atomic mass is 16.7. The monoisotopic (exact) mass is 464 g/mol. The Labute approximate surface area is 198 Å². The molecule has 0 aromatic heterocycles. The number of carbonyl (C=O) groups is 2. The van der Waals surface area contributed by atoms with Gasteiger partial charge < -0.3 is 24.2 Å². The first kappa shape index (κ1) is 22.4. The summed E-state index contributed by atoms with van der Waals surface area (Å²) in [6.07, 6.45) is 0.722. The lowest BCUT2D eigenvalue weighted by Crippen LogP contribution is -2.38. The van der Waals surface area contributed by atoms with Gasteiger partial charge in [0.2, 0.25) is 6.79 Å². The van der Waals surface area contributed by atoms with Gasteiger partial charge in [-0.05, 0) is 37.1 Å². The second kappa shape index (κ2) is 9.48. The number of aliphatic hydroxyl groups excluding tert-OH is 1. The highest BCUT2D eigenvalue weighted by molar-refractivity contribution is 6.46. The molecule has 3 aliphatic rings. The van der Waals surface area contributed by atoms with Crippen molar-refractivity contribution in [3.63, 3.8) is 0 Å². The molecule has 1 amide bonds. The normalized spacial score (nSPS) is 21.9. The van der Waals surface area contributed by atoms with Crippen LogP contribution in [0.2, 0.25) is 0 Å². The van der Waals surface area contributed by atoms with E-state index in [1.807, 2.05) is 31.2 Å². The molecule has 2 aromatic carbocycles. The van der Waals surface area contributed by atoms with Crippen LogP contribution in [-0.4, -0.2) is 72.8 Å². The van der Waals surface area contributed by atoms with Crippen LogP contribution >= 0.6 is 0 Å². The zero-order valence-electron chi connectivity index (χ0n) is 19.2. The molecule has 5 rings (SSSR count). The van der Waals surface area contributed by atoms with E-state index in [9.17, 15) is 14.7 Å². The number of morpholine rings is 1. The number of benzene rings is 2. The van der Waals surface area contributed by atoms with E-state index in [2.05, 4.69) is 4.90 Å². The third-order valence-corrected chi connectivity index (χ3v) is 6.56. The summed E-state index contributed by atoms with van der Waals surface area (Å²) in [5, 5.41) is 11.2. The van der Waals surface area contributed by atoms with Crippen molar-refractivity contribution in [2.75, 3.05) is 46.2 Å². The second-order valence-electron chi connectivity index (χ2n) is 8.78. The third-order valence-electron chi connectivity index (χ3n) is 6.56. The molecule has 0 radical (unpaired) electrons. The molecule has 34 heavy (non-hydrogen) atoms. The number of nitrogens with zero attached hydrogens (tertiary/aromatic N) is 2. The Kier molecular flexibility index (Phi) is 6.26. The summed E-state index contributed by atoms with van der Waals surface area (Å²) in [7, 11) is 0. The van der Waals surface area contributed by atoms with Crippen LogP contribution in [0.1, 0.15) is 29.2 Å². The fourth-order valence-corrected chi connectivity index (χ4v) is 4.69. The number of carbonyl (C=O) groups excluding carboxylic acids is 2. The van der Waals surface area contributed by atoms with Crippen molar-refractivity contribution in [3.8, 4) is 11.5 Å². The molecule has 2 saturated heterocycles. The molecule has 2 fully saturated rings. The summed E-state index contributed by atoms with van der Waals surface area (Å²) in [6.45, 7) is 6.47. The van der Waals surface area contributed by atoms with Crippen molar-refractivity contribution in [2.45, 2.75) is 19.4 Å². The van der Waals surface area contributed by atoms with Gasteiger partial charge in [-0.25, -0.2) is 0 Å². The standard InChI is InChI=1S/C26H28N2O6/c1-17-3-5-18(6-4-17)23-22(24(29)19-7-8-20-21(15-19)34-16-33-20)25(30)26(31)28(23)10-2-9-27-11-13-32-14-12-27/h3-8,15,23,29H,2,9-14,16H2,1H3/b24-22+. The number of rotatable bonds is 6. The van der Waals surface area contributed by atoms with Crippen LogP contribution in [0.3, 0.4) is 0 Å². The fourth-order valence-electron chi connectivity index (χ4n) is 4.69. The number of Topliss-reactive ketones (excluding diaryl/α,β-unsaturated/α-hetero) is 1. The first-order chi connectivity index (χ1) is 16.5. The molecule has 178 valence electrons. The van der Waals surface area contributed by atoms with Crippen LogP contribution in [0.4, 0.5) is 0 Å². The van der Waals surface area contributed by atoms with Gasteiger partial charge in [0.15, 0.2) is 11.5 Å². The number of ether oxygens (including phenoxy) is 3. The Balaban J connectivity index is 1.47. The number of aryl methyl sites for hydroxylation is 1. The van der Waals surface area contributed by atoms with Gasteiger partial charge in [-0.3, -0.25) is 14.5 Å². The number of likely N-dealkylation sites (tertiary alicyclic amines) is 1. The molecule has 2 aromatic rings. The number of amides is 1. The van der Waals surface area contributed by atoms with E-state index in [0.717, 1.165) is 37.2 Å². The smallest absolute Gasteiger partial charge is 0.295 e. The second-order valence-corrected chi connectivity index (χ2v) is 8.78. The molecule has 0 aliphatic carbocycles. The van der Waals surface area contributed by atoms with Gasteiger partial charge in [0.05, 0.1) is 24.8 Å². The number of hydrogen-bond acceptors (Lipinski definition) is 7. The first-order valence-corrected chi connectivity index (χ1v) is 11.6.